The number of fused-ring (bicyclic) bond motifs is 2. The van der Waals surface area contributed by atoms with Crippen LogP contribution in [0.2, 0.25) is 0 Å². The molecule has 1 atom stereocenters. The van der Waals surface area contributed by atoms with Crippen LogP contribution < -0.4 is 19.9 Å². The molecule has 9 nitrogen and oxygen atoms in total. The summed E-state index contributed by atoms with van der Waals surface area (Å²) in [5.74, 6) is 2.10. The van der Waals surface area contributed by atoms with Gasteiger partial charge in [-0.05, 0) is 43.3 Å². The maximum atomic E-state index is 12.2. The molecule has 2 aromatic carbocycles. The molecule has 188 valence electrons. The van der Waals surface area contributed by atoms with Crippen LogP contribution in [-0.4, -0.2) is 66.9 Å². The molecular formula is C28H28N6O3. The Hall–Kier alpha value is -4.24. The highest BCUT2D eigenvalue weighted by Crippen LogP contribution is 2.37. The number of amides is 1. The van der Waals surface area contributed by atoms with Crippen LogP contribution >= 0.6 is 0 Å². The Kier molecular flexibility index (Phi) is 6.05. The van der Waals surface area contributed by atoms with Gasteiger partial charge in [0.05, 0.1) is 42.6 Å². The van der Waals surface area contributed by atoms with E-state index in [9.17, 15) is 4.79 Å². The van der Waals surface area contributed by atoms with Crippen molar-refractivity contribution >= 4 is 34.4 Å². The summed E-state index contributed by atoms with van der Waals surface area (Å²) in [5, 5.41) is 3.56. The van der Waals surface area contributed by atoms with Crippen LogP contribution in [0.15, 0.2) is 60.7 Å². The average Bonchev–Trinajstić information content (AvgIpc) is 2.96. The first kappa shape index (κ1) is 23.2. The molecule has 1 amide bonds. The molecule has 2 aromatic heterocycles. The number of nitrogens with one attached hydrogen (secondary N) is 1. The van der Waals surface area contributed by atoms with E-state index in [0.717, 1.165) is 40.4 Å². The van der Waals surface area contributed by atoms with Gasteiger partial charge in [0, 0.05) is 24.7 Å². The van der Waals surface area contributed by atoms with Gasteiger partial charge < -0.3 is 24.6 Å². The summed E-state index contributed by atoms with van der Waals surface area (Å²) in [6, 6.07) is 19.5. The third-order valence-electron chi connectivity index (χ3n) is 6.79. The summed E-state index contributed by atoms with van der Waals surface area (Å²) < 4.78 is 11.6. The van der Waals surface area contributed by atoms with Gasteiger partial charge in [-0.25, -0.2) is 4.98 Å². The molecule has 0 radical (unpaired) electrons. The summed E-state index contributed by atoms with van der Waals surface area (Å²) in [5.41, 5.74) is 3.71. The minimum Gasteiger partial charge on any atom is -0.490 e. The molecule has 2 aliphatic rings. The molecule has 37 heavy (non-hydrogen) atoms. The van der Waals surface area contributed by atoms with Crippen LogP contribution in [0.1, 0.15) is 17.3 Å². The number of hydrogen-bond donors (Lipinski definition) is 1. The highest BCUT2D eigenvalue weighted by Gasteiger charge is 2.27. The first-order valence-electron chi connectivity index (χ1n) is 12.5. The van der Waals surface area contributed by atoms with Crippen molar-refractivity contribution in [3.05, 3.63) is 66.2 Å². The molecule has 2 aliphatic heterocycles. The number of aromatic nitrogens is 3. The van der Waals surface area contributed by atoms with Crippen molar-refractivity contribution in [3.63, 3.8) is 0 Å². The largest absolute Gasteiger partial charge is 0.490 e. The lowest BCUT2D eigenvalue weighted by atomic mass is 10.1. The number of anilines is 3. The molecule has 1 N–H and O–H groups in total. The number of ether oxygens (including phenoxy) is 2. The maximum Gasteiger partial charge on any atom is 0.251 e. The number of hydrogen-bond acceptors (Lipinski definition) is 8. The van der Waals surface area contributed by atoms with Gasteiger partial charge in [0.15, 0.2) is 5.65 Å². The van der Waals surface area contributed by atoms with Crippen molar-refractivity contribution in [2.24, 2.45) is 0 Å². The predicted octanol–water partition coefficient (Wildman–Crippen LogP) is 3.81. The van der Waals surface area contributed by atoms with Gasteiger partial charge in [-0.3, -0.25) is 4.79 Å². The number of rotatable bonds is 4. The molecule has 9 heteroatoms. The summed E-state index contributed by atoms with van der Waals surface area (Å²) in [7, 11) is 1.62. The van der Waals surface area contributed by atoms with Gasteiger partial charge in [0.1, 0.15) is 18.2 Å². The van der Waals surface area contributed by atoms with Gasteiger partial charge in [-0.1, -0.05) is 24.3 Å². The topological polar surface area (TPSA) is 92.7 Å². The number of pyridine rings is 1. The number of para-hydroxylation sites is 2. The fourth-order valence-corrected chi connectivity index (χ4v) is 4.87. The Morgan fingerprint density at radius 1 is 1.00 bits per heavy atom. The van der Waals surface area contributed by atoms with Crippen LogP contribution in [0.4, 0.5) is 17.5 Å². The van der Waals surface area contributed by atoms with Crippen LogP contribution in [0.3, 0.4) is 0 Å². The van der Waals surface area contributed by atoms with E-state index < -0.39 is 0 Å². The lowest BCUT2D eigenvalue weighted by Gasteiger charge is -2.36. The lowest BCUT2D eigenvalue weighted by Crippen LogP contribution is -2.44. The van der Waals surface area contributed by atoms with Crippen molar-refractivity contribution < 1.29 is 14.3 Å². The number of carbonyl (C=O) groups excluding carboxylic acids is 1. The van der Waals surface area contributed by atoms with Gasteiger partial charge in [0.25, 0.3) is 5.91 Å². The molecule has 1 fully saturated rings. The van der Waals surface area contributed by atoms with Gasteiger partial charge >= 0.3 is 0 Å². The fraction of sp³-hybridized carbons (Fsp3) is 0.286. The van der Waals surface area contributed by atoms with Crippen molar-refractivity contribution in [2.75, 3.05) is 49.8 Å². The first-order valence-corrected chi connectivity index (χ1v) is 12.5. The minimum atomic E-state index is -0.137. The Labute approximate surface area is 215 Å². The second-order valence-electron chi connectivity index (χ2n) is 9.16. The van der Waals surface area contributed by atoms with Crippen LogP contribution in [-0.2, 0) is 4.74 Å². The lowest BCUT2D eigenvalue weighted by molar-refractivity contribution is 0.0963. The molecule has 0 unspecified atom stereocenters. The smallest absolute Gasteiger partial charge is 0.251 e. The van der Waals surface area contributed by atoms with Gasteiger partial charge in [0.2, 0.25) is 5.95 Å². The van der Waals surface area contributed by atoms with Crippen LogP contribution in [0.5, 0.6) is 5.75 Å². The predicted molar refractivity (Wildman–Crippen MR) is 143 cm³/mol. The zero-order chi connectivity index (χ0) is 25.4. The van der Waals surface area contributed by atoms with Crippen LogP contribution in [0, 0.1) is 0 Å². The van der Waals surface area contributed by atoms with E-state index in [1.54, 1.807) is 13.1 Å². The van der Waals surface area contributed by atoms with E-state index >= 15 is 0 Å². The Morgan fingerprint density at radius 3 is 2.76 bits per heavy atom. The summed E-state index contributed by atoms with van der Waals surface area (Å²) in [4.78, 5) is 31.6. The van der Waals surface area contributed by atoms with Gasteiger partial charge in [-0.2, -0.15) is 9.97 Å². The molecule has 0 aliphatic carbocycles. The number of carbonyl (C=O) groups is 1. The zero-order valence-corrected chi connectivity index (χ0v) is 20.8. The van der Waals surface area contributed by atoms with Crippen molar-refractivity contribution in [1.29, 1.82) is 0 Å². The molecular weight excluding hydrogens is 468 g/mol. The number of morpholine rings is 1. The molecule has 0 spiro atoms. The molecule has 1 saturated heterocycles. The monoisotopic (exact) mass is 496 g/mol. The minimum absolute atomic E-state index is 0.137. The van der Waals surface area contributed by atoms with E-state index in [0.29, 0.717) is 43.5 Å². The van der Waals surface area contributed by atoms with Crippen molar-refractivity contribution in [2.45, 2.75) is 13.0 Å². The summed E-state index contributed by atoms with van der Waals surface area (Å²) in [6.45, 7) is 5.34. The third-order valence-corrected chi connectivity index (χ3v) is 6.79. The quantitative estimate of drug-likeness (QED) is 0.456. The van der Waals surface area contributed by atoms with E-state index in [1.165, 1.54) is 0 Å². The molecule has 0 bridgehead atoms. The highest BCUT2D eigenvalue weighted by molar-refractivity contribution is 5.95. The number of nitrogens with zero attached hydrogens (tertiary/aromatic N) is 5. The normalized spacial score (nSPS) is 17.3. The van der Waals surface area contributed by atoms with E-state index in [2.05, 4.69) is 22.0 Å². The van der Waals surface area contributed by atoms with E-state index in [-0.39, 0.29) is 11.9 Å². The summed E-state index contributed by atoms with van der Waals surface area (Å²) >= 11 is 0. The second kappa shape index (κ2) is 9.67. The third kappa shape index (κ3) is 4.31. The second-order valence-corrected chi connectivity index (χ2v) is 9.16. The first-order chi connectivity index (χ1) is 18.1. The summed E-state index contributed by atoms with van der Waals surface area (Å²) in [6.07, 6.45) is 0. The average molecular weight is 497 g/mol. The Morgan fingerprint density at radius 2 is 1.89 bits per heavy atom. The van der Waals surface area contributed by atoms with Crippen molar-refractivity contribution in [3.8, 4) is 17.0 Å². The molecule has 6 rings (SSSR count). The highest BCUT2D eigenvalue weighted by atomic mass is 16.5. The Bertz CT molecular complexity index is 1480. The fourth-order valence-electron chi connectivity index (χ4n) is 4.87. The Balaban J connectivity index is 1.51. The number of benzene rings is 2. The molecule has 4 heterocycles. The maximum absolute atomic E-state index is 12.2. The zero-order valence-electron chi connectivity index (χ0n) is 20.8. The SMILES string of the molecule is CNC(=O)c1cccc(-c2ccc3c(N4CCOC[C@@H]4C)nc(N4CCOc5ccccc54)nc3n2)c1. The van der Waals surface area contributed by atoms with E-state index in [1.807, 2.05) is 54.6 Å². The molecule has 0 saturated carbocycles. The van der Waals surface area contributed by atoms with Gasteiger partial charge in [-0.15, -0.1) is 0 Å². The molecule has 4 aromatic rings. The van der Waals surface area contributed by atoms with E-state index in [4.69, 9.17) is 24.4 Å². The van der Waals surface area contributed by atoms with Crippen LogP contribution in [0.25, 0.3) is 22.3 Å². The van der Waals surface area contributed by atoms with Crippen molar-refractivity contribution in [1.82, 2.24) is 20.3 Å². The standard InChI is InChI=1S/C28H28N6O3/c1-18-17-36-14-12-33(18)26-21-10-11-22(19-6-5-7-20(16-19)27(35)29-2)30-25(21)31-28(32-26)34-13-15-37-24-9-4-3-8-23(24)34/h3-11,16,18H,12-15,17H2,1-2H3,(H,29,35)/t18-/m0/s1.